The Morgan fingerprint density at radius 1 is 1.28 bits per heavy atom. The molecule has 0 aliphatic heterocycles. The number of aromatic hydroxyl groups is 1. The molecule has 6 N–H and O–H groups in total. The SMILES string of the molecule is NCc1cc(O)ncc1CC[C@H](O)CNC(=O)c1cc(NC2CCC2)ncc1F. The number of amides is 1. The van der Waals surface area contributed by atoms with Crippen LogP contribution in [0.25, 0.3) is 0 Å². The van der Waals surface area contributed by atoms with Crippen molar-refractivity contribution in [2.75, 3.05) is 11.9 Å². The lowest BCUT2D eigenvalue weighted by Crippen LogP contribution is -2.33. The number of aromatic nitrogens is 2. The first-order valence-electron chi connectivity index (χ1n) is 9.71. The lowest BCUT2D eigenvalue weighted by atomic mass is 9.93. The van der Waals surface area contributed by atoms with Gasteiger partial charge in [0.2, 0.25) is 5.88 Å². The fourth-order valence-corrected chi connectivity index (χ4v) is 3.11. The Morgan fingerprint density at radius 3 is 2.76 bits per heavy atom. The minimum Gasteiger partial charge on any atom is -0.493 e. The maximum Gasteiger partial charge on any atom is 0.254 e. The largest absolute Gasteiger partial charge is 0.493 e. The van der Waals surface area contributed by atoms with Gasteiger partial charge in [0.15, 0.2) is 5.82 Å². The van der Waals surface area contributed by atoms with E-state index in [1.165, 1.54) is 18.3 Å². The van der Waals surface area contributed by atoms with E-state index in [0.29, 0.717) is 24.7 Å². The molecular weight excluding hydrogens is 377 g/mol. The predicted octanol–water partition coefficient (Wildman–Crippen LogP) is 1.47. The van der Waals surface area contributed by atoms with E-state index in [2.05, 4.69) is 20.6 Å². The topological polar surface area (TPSA) is 133 Å². The summed E-state index contributed by atoms with van der Waals surface area (Å²) in [6.45, 7) is 0.228. The van der Waals surface area contributed by atoms with Crippen LogP contribution in [0.2, 0.25) is 0 Å². The second kappa shape index (κ2) is 9.62. The summed E-state index contributed by atoms with van der Waals surface area (Å²) in [5.74, 6) is -0.947. The molecule has 1 aliphatic rings. The molecule has 3 rings (SSSR count). The van der Waals surface area contributed by atoms with E-state index in [1.807, 2.05) is 0 Å². The smallest absolute Gasteiger partial charge is 0.254 e. The molecule has 1 saturated carbocycles. The van der Waals surface area contributed by atoms with E-state index in [1.54, 1.807) is 0 Å². The molecule has 0 bridgehead atoms. The molecule has 29 heavy (non-hydrogen) atoms. The van der Waals surface area contributed by atoms with Gasteiger partial charge in [-0.15, -0.1) is 0 Å². The number of carbonyl (C=O) groups is 1. The van der Waals surface area contributed by atoms with Gasteiger partial charge < -0.3 is 26.6 Å². The van der Waals surface area contributed by atoms with E-state index in [0.717, 1.165) is 36.6 Å². The van der Waals surface area contributed by atoms with Crippen molar-refractivity contribution in [1.29, 1.82) is 0 Å². The van der Waals surface area contributed by atoms with Gasteiger partial charge in [-0.2, -0.15) is 0 Å². The van der Waals surface area contributed by atoms with Crippen LogP contribution >= 0.6 is 0 Å². The number of nitrogens with one attached hydrogen (secondary N) is 2. The molecule has 1 amide bonds. The van der Waals surface area contributed by atoms with Crippen molar-refractivity contribution in [3.8, 4) is 5.88 Å². The lowest BCUT2D eigenvalue weighted by Gasteiger charge is -2.27. The molecule has 9 heteroatoms. The molecule has 0 aromatic carbocycles. The number of aliphatic hydroxyl groups excluding tert-OH is 1. The summed E-state index contributed by atoms with van der Waals surface area (Å²) >= 11 is 0. The third-order valence-corrected chi connectivity index (χ3v) is 5.09. The molecule has 0 unspecified atom stereocenters. The van der Waals surface area contributed by atoms with Crippen LogP contribution < -0.4 is 16.4 Å². The highest BCUT2D eigenvalue weighted by Crippen LogP contribution is 2.23. The van der Waals surface area contributed by atoms with Gasteiger partial charge in [-0.1, -0.05) is 0 Å². The molecule has 0 spiro atoms. The van der Waals surface area contributed by atoms with E-state index in [9.17, 15) is 19.4 Å². The molecule has 1 atom stereocenters. The van der Waals surface area contributed by atoms with Gasteiger partial charge in [0.1, 0.15) is 5.82 Å². The monoisotopic (exact) mass is 403 g/mol. The zero-order valence-electron chi connectivity index (χ0n) is 16.1. The maximum absolute atomic E-state index is 14.0. The summed E-state index contributed by atoms with van der Waals surface area (Å²) in [6, 6.07) is 3.20. The van der Waals surface area contributed by atoms with Crippen molar-refractivity contribution in [3.63, 3.8) is 0 Å². The molecule has 0 saturated heterocycles. The molecule has 1 aliphatic carbocycles. The molecule has 8 nitrogen and oxygen atoms in total. The number of aliphatic hydroxyl groups is 1. The summed E-state index contributed by atoms with van der Waals surface area (Å²) < 4.78 is 14.0. The molecule has 2 aromatic heterocycles. The Bertz CT molecular complexity index is 860. The first-order valence-corrected chi connectivity index (χ1v) is 9.71. The van der Waals surface area contributed by atoms with Crippen molar-refractivity contribution in [3.05, 3.63) is 47.0 Å². The highest BCUT2D eigenvalue weighted by atomic mass is 19.1. The normalized spacial score (nSPS) is 14.9. The van der Waals surface area contributed by atoms with Crippen LogP contribution in [0, 0.1) is 5.82 Å². The number of halogens is 1. The minimum atomic E-state index is -0.823. The number of rotatable bonds is 9. The van der Waals surface area contributed by atoms with Gasteiger partial charge in [0, 0.05) is 31.4 Å². The Hall–Kier alpha value is -2.78. The van der Waals surface area contributed by atoms with Gasteiger partial charge in [-0.3, -0.25) is 4.79 Å². The number of nitrogens with zero attached hydrogens (tertiary/aromatic N) is 2. The average molecular weight is 403 g/mol. The van der Waals surface area contributed by atoms with Crippen molar-refractivity contribution in [2.45, 2.75) is 50.8 Å². The lowest BCUT2D eigenvalue weighted by molar-refractivity contribution is 0.0906. The highest BCUT2D eigenvalue weighted by Gasteiger charge is 2.20. The number of anilines is 1. The van der Waals surface area contributed by atoms with Gasteiger partial charge in [0.05, 0.1) is 17.9 Å². The summed E-state index contributed by atoms with van der Waals surface area (Å²) in [5, 5.41) is 25.3. The first kappa shape index (κ1) is 20.9. The van der Waals surface area contributed by atoms with Gasteiger partial charge in [0.25, 0.3) is 5.91 Å². The zero-order chi connectivity index (χ0) is 20.8. The Labute approximate surface area is 168 Å². The minimum absolute atomic E-state index is 0.0184. The zero-order valence-corrected chi connectivity index (χ0v) is 16.1. The highest BCUT2D eigenvalue weighted by molar-refractivity contribution is 5.95. The van der Waals surface area contributed by atoms with E-state index in [-0.39, 0.29) is 24.5 Å². The van der Waals surface area contributed by atoms with Crippen LogP contribution in [0.1, 0.15) is 47.2 Å². The van der Waals surface area contributed by atoms with Crippen LogP contribution in [-0.2, 0) is 13.0 Å². The average Bonchev–Trinajstić information content (AvgIpc) is 2.68. The first-order chi connectivity index (χ1) is 14.0. The second-order valence-electron chi connectivity index (χ2n) is 7.24. The summed E-state index contributed by atoms with van der Waals surface area (Å²) in [4.78, 5) is 20.1. The van der Waals surface area contributed by atoms with E-state index < -0.39 is 17.8 Å². The fourth-order valence-electron chi connectivity index (χ4n) is 3.11. The Kier molecular flexibility index (Phi) is 6.95. The quantitative estimate of drug-likeness (QED) is 0.428. The number of carbonyl (C=O) groups excluding carboxylic acids is 1. The van der Waals surface area contributed by atoms with Crippen LogP contribution in [-0.4, -0.2) is 44.8 Å². The van der Waals surface area contributed by atoms with Crippen molar-refractivity contribution in [2.24, 2.45) is 5.73 Å². The standard InChI is InChI=1S/C20H26FN5O3/c21-17-11-23-18(26-14-2-1-3-14)7-16(17)20(29)25-10-15(27)5-4-12-9-24-19(28)6-13(12)8-22/h6-7,9,11,14-15,27H,1-5,8,10,22H2,(H,23,26)(H,24,28)(H,25,29)/t15-/m0/s1. The van der Waals surface area contributed by atoms with Gasteiger partial charge >= 0.3 is 0 Å². The van der Waals surface area contributed by atoms with Crippen LogP contribution in [0.4, 0.5) is 10.2 Å². The summed E-state index contributed by atoms with van der Waals surface area (Å²) in [6.07, 6.45) is 5.78. The third-order valence-electron chi connectivity index (χ3n) is 5.09. The molecule has 2 aromatic rings. The molecule has 1 fully saturated rings. The molecular formula is C20H26FN5O3. The van der Waals surface area contributed by atoms with Crippen molar-refractivity contribution >= 4 is 11.7 Å². The van der Waals surface area contributed by atoms with Crippen LogP contribution in [0.3, 0.4) is 0 Å². The number of hydrogen-bond acceptors (Lipinski definition) is 7. The second-order valence-corrected chi connectivity index (χ2v) is 7.24. The van der Waals surface area contributed by atoms with Crippen LogP contribution in [0.5, 0.6) is 5.88 Å². The van der Waals surface area contributed by atoms with E-state index in [4.69, 9.17) is 5.73 Å². The molecule has 2 heterocycles. The number of hydrogen-bond donors (Lipinski definition) is 5. The van der Waals surface area contributed by atoms with Crippen LogP contribution in [0.15, 0.2) is 24.5 Å². The predicted molar refractivity (Wildman–Crippen MR) is 106 cm³/mol. The molecule has 0 radical (unpaired) electrons. The van der Waals surface area contributed by atoms with Gasteiger partial charge in [-0.25, -0.2) is 14.4 Å². The summed E-state index contributed by atoms with van der Waals surface area (Å²) in [5.41, 5.74) is 7.12. The number of pyridine rings is 2. The number of aryl methyl sites for hydroxylation is 1. The molecule has 156 valence electrons. The van der Waals surface area contributed by atoms with Gasteiger partial charge in [-0.05, 0) is 49.3 Å². The van der Waals surface area contributed by atoms with Crippen molar-refractivity contribution < 1.29 is 19.4 Å². The summed E-state index contributed by atoms with van der Waals surface area (Å²) in [7, 11) is 0. The maximum atomic E-state index is 14.0. The Balaban J connectivity index is 1.51. The Morgan fingerprint density at radius 2 is 2.07 bits per heavy atom. The number of nitrogens with two attached hydrogens (primary N) is 1. The van der Waals surface area contributed by atoms with E-state index >= 15 is 0 Å². The fraction of sp³-hybridized carbons (Fsp3) is 0.450. The van der Waals surface area contributed by atoms with Crippen molar-refractivity contribution in [1.82, 2.24) is 15.3 Å². The third kappa shape index (κ3) is 5.61.